The molecule has 1 saturated heterocycles. The predicted octanol–water partition coefficient (Wildman–Crippen LogP) is 0.761. The molecular weight excluding hydrogens is 276 g/mol. The van der Waals surface area contributed by atoms with Crippen LogP contribution in [0.1, 0.15) is 39.0 Å². The number of carbonyl (C=O) groups is 3. The lowest BCUT2D eigenvalue weighted by Crippen LogP contribution is -2.61. The Hall–Kier alpha value is -1.43. The number of Topliss-reactive ketones (excluding diaryl/α,β-unsaturated/α-hetero) is 1. The molecule has 0 aromatic heterocycles. The van der Waals surface area contributed by atoms with Crippen LogP contribution in [0.5, 0.6) is 0 Å². The van der Waals surface area contributed by atoms with Gasteiger partial charge in [-0.15, -0.1) is 0 Å². The molecule has 4 fully saturated rings. The van der Waals surface area contributed by atoms with Crippen molar-refractivity contribution in [3.63, 3.8) is 0 Å². The highest BCUT2D eigenvalue weighted by Crippen LogP contribution is 2.70. The lowest BCUT2D eigenvalue weighted by Gasteiger charge is -2.56. The molecule has 1 aliphatic heterocycles. The number of aliphatic hydroxyl groups excluding tert-OH is 1. The minimum Gasteiger partial charge on any atom is -0.481 e. The average molecular weight is 296 g/mol. The normalized spacial score (nSPS) is 41.1. The van der Waals surface area contributed by atoms with Gasteiger partial charge < -0.3 is 14.9 Å². The lowest BCUT2D eigenvalue weighted by atomic mass is 9.43. The van der Waals surface area contributed by atoms with Crippen LogP contribution in [0.25, 0.3) is 0 Å². The van der Waals surface area contributed by atoms with Gasteiger partial charge in [-0.2, -0.15) is 0 Å². The highest BCUT2D eigenvalue weighted by atomic mass is 16.6. The number of carbonyl (C=O) groups excluding carboxylic acids is 2. The van der Waals surface area contributed by atoms with E-state index >= 15 is 0 Å². The second-order valence-electron chi connectivity index (χ2n) is 6.84. The highest BCUT2D eigenvalue weighted by Gasteiger charge is 2.76. The van der Waals surface area contributed by atoms with E-state index in [2.05, 4.69) is 0 Å². The zero-order chi connectivity index (χ0) is 15.4. The van der Waals surface area contributed by atoms with Gasteiger partial charge in [0.15, 0.2) is 0 Å². The van der Waals surface area contributed by atoms with Crippen LogP contribution >= 0.6 is 0 Å². The van der Waals surface area contributed by atoms with E-state index in [1.54, 1.807) is 0 Å². The van der Waals surface area contributed by atoms with Crippen LogP contribution in [0.15, 0.2) is 0 Å². The van der Waals surface area contributed by atoms with E-state index in [9.17, 15) is 19.5 Å². The molecule has 5 atom stereocenters. The fraction of sp³-hybridized carbons (Fsp3) is 0.800. The number of aliphatic hydroxyl groups is 1. The second-order valence-corrected chi connectivity index (χ2v) is 6.84. The van der Waals surface area contributed by atoms with Crippen LogP contribution in [-0.4, -0.2) is 40.1 Å². The van der Waals surface area contributed by atoms with Gasteiger partial charge in [0.2, 0.25) is 0 Å². The van der Waals surface area contributed by atoms with Crippen molar-refractivity contribution in [2.45, 2.75) is 44.6 Å². The van der Waals surface area contributed by atoms with Gasteiger partial charge in [0, 0.05) is 18.8 Å². The van der Waals surface area contributed by atoms with Crippen molar-refractivity contribution in [1.29, 1.82) is 0 Å². The molecule has 5 unspecified atom stereocenters. The molecule has 1 heterocycles. The molecule has 4 rings (SSSR count). The molecule has 6 heteroatoms. The third-order valence-electron chi connectivity index (χ3n) is 5.81. The van der Waals surface area contributed by atoms with Crippen molar-refractivity contribution in [2.24, 2.45) is 23.2 Å². The molecule has 2 N–H and O–H groups in total. The smallest absolute Gasteiger partial charge is 0.313 e. The Kier molecular flexibility index (Phi) is 3.13. The van der Waals surface area contributed by atoms with Crippen LogP contribution in [-0.2, 0) is 19.1 Å². The van der Waals surface area contributed by atoms with Crippen molar-refractivity contribution < 1.29 is 29.3 Å². The maximum Gasteiger partial charge on any atom is 0.313 e. The third-order valence-corrected chi connectivity index (χ3v) is 5.81. The maximum atomic E-state index is 12.3. The molecule has 4 bridgehead atoms. The Labute approximate surface area is 122 Å². The molecule has 0 amide bonds. The lowest BCUT2D eigenvalue weighted by molar-refractivity contribution is -0.158. The third kappa shape index (κ3) is 1.78. The number of hydrogen-bond acceptors (Lipinski definition) is 5. The van der Waals surface area contributed by atoms with Gasteiger partial charge in [0.25, 0.3) is 0 Å². The summed E-state index contributed by atoms with van der Waals surface area (Å²) in [4.78, 5) is 35.4. The first-order valence-electron chi connectivity index (χ1n) is 7.44. The fourth-order valence-corrected chi connectivity index (χ4v) is 4.58. The van der Waals surface area contributed by atoms with Crippen LogP contribution in [0.2, 0.25) is 0 Å². The molecule has 0 spiro atoms. The Morgan fingerprint density at radius 3 is 2.76 bits per heavy atom. The molecule has 116 valence electrons. The average Bonchev–Trinajstić information content (AvgIpc) is 2.54. The molecule has 0 aromatic rings. The zero-order valence-corrected chi connectivity index (χ0v) is 12.0. The summed E-state index contributed by atoms with van der Waals surface area (Å²) in [5.41, 5.74) is -1.60. The van der Waals surface area contributed by atoms with Crippen molar-refractivity contribution in [2.75, 3.05) is 6.61 Å². The summed E-state index contributed by atoms with van der Waals surface area (Å²) >= 11 is 0. The Morgan fingerprint density at radius 2 is 2.19 bits per heavy atom. The van der Waals surface area contributed by atoms with Crippen molar-refractivity contribution in [3.05, 3.63) is 0 Å². The molecule has 21 heavy (non-hydrogen) atoms. The highest BCUT2D eigenvalue weighted by molar-refractivity contribution is 5.92. The van der Waals surface area contributed by atoms with E-state index in [4.69, 9.17) is 9.84 Å². The predicted molar refractivity (Wildman–Crippen MR) is 70.2 cm³/mol. The number of esters is 1. The first-order valence-corrected chi connectivity index (χ1v) is 7.44. The van der Waals surface area contributed by atoms with Crippen LogP contribution in [0.4, 0.5) is 0 Å². The fourth-order valence-electron chi connectivity index (χ4n) is 4.58. The summed E-state index contributed by atoms with van der Waals surface area (Å²) < 4.78 is 5.48. The van der Waals surface area contributed by atoms with Gasteiger partial charge in [-0.3, -0.25) is 14.4 Å². The SMILES string of the molecule is CC(CC(=O)CC12C(=O)OC3(CO)CCC1CC32)C(=O)O. The topological polar surface area (TPSA) is 101 Å². The van der Waals surface area contributed by atoms with E-state index in [0.29, 0.717) is 6.42 Å². The number of carboxylic acids is 1. The van der Waals surface area contributed by atoms with Gasteiger partial charge in [0.1, 0.15) is 11.4 Å². The maximum absolute atomic E-state index is 12.3. The van der Waals surface area contributed by atoms with Crippen LogP contribution in [0.3, 0.4) is 0 Å². The molecule has 6 nitrogen and oxygen atoms in total. The molecular formula is C15H20O6. The van der Waals surface area contributed by atoms with Crippen molar-refractivity contribution in [1.82, 2.24) is 0 Å². The summed E-state index contributed by atoms with van der Waals surface area (Å²) in [5.74, 6) is -2.27. The first-order chi connectivity index (χ1) is 9.85. The van der Waals surface area contributed by atoms with E-state index < -0.39 is 22.9 Å². The molecule has 3 aliphatic carbocycles. The summed E-state index contributed by atoms with van der Waals surface area (Å²) in [5, 5.41) is 18.5. The number of aliphatic carboxylic acids is 1. The number of ketones is 1. The zero-order valence-electron chi connectivity index (χ0n) is 12.0. The molecule has 0 radical (unpaired) electrons. The molecule has 4 aliphatic rings. The van der Waals surface area contributed by atoms with Crippen LogP contribution < -0.4 is 0 Å². The van der Waals surface area contributed by atoms with Gasteiger partial charge in [-0.1, -0.05) is 6.92 Å². The van der Waals surface area contributed by atoms with Gasteiger partial charge in [-0.25, -0.2) is 0 Å². The number of fused-ring (bicyclic) bond motifs is 1. The quantitative estimate of drug-likeness (QED) is 0.702. The van der Waals surface area contributed by atoms with E-state index in [0.717, 1.165) is 12.8 Å². The van der Waals surface area contributed by atoms with Gasteiger partial charge in [-0.05, 0) is 25.2 Å². The minimum absolute atomic E-state index is 0.0561. The first kappa shape index (κ1) is 14.5. The summed E-state index contributed by atoms with van der Waals surface area (Å²) in [6.45, 7) is 1.29. The van der Waals surface area contributed by atoms with Crippen LogP contribution in [0, 0.1) is 23.2 Å². The van der Waals surface area contributed by atoms with Gasteiger partial charge >= 0.3 is 11.9 Å². The Morgan fingerprint density at radius 1 is 1.48 bits per heavy atom. The Balaban J connectivity index is 1.78. The van der Waals surface area contributed by atoms with Gasteiger partial charge in [0.05, 0.1) is 17.9 Å². The summed E-state index contributed by atoms with van der Waals surface area (Å²) in [6.07, 6.45) is 2.25. The number of hydrogen-bond donors (Lipinski definition) is 2. The molecule has 0 aromatic carbocycles. The number of ether oxygens (including phenoxy) is 1. The second kappa shape index (κ2) is 4.53. The summed E-state index contributed by atoms with van der Waals surface area (Å²) in [7, 11) is 0. The number of rotatable bonds is 6. The van der Waals surface area contributed by atoms with Crippen molar-refractivity contribution in [3.8, 4) is 0 Å². The standard InChI is InChI=1S/C15H20O6/c1-8(12(18)19)4-10(17)6-15-9-2-3-14(7-16,11(15)5-9)21-13(15)20/h8-9,11,16H,2-7H2,1H3,(H,18,19). The van der Waals surface area contributed by atoms with E-state index in [1.807, 2.05) is 0 Å². The monoisotopic (exact) mass is 296 g/mol. The largest absolute Gasteiger partial charge is 0.481 e. The van der Waals surface area contributed by atoms with Crippen molar-refractivity contribution >= 4 is 17.7 Å². The van der Waals surface area contributed by atoms with E-state index in [1.165, 1.54) is 6.92 Å². The Bertz CT molecular complexity index is 512. The van der Waals surface area contributed by atoms with E-state index in [-0.39, 0.29) is 43.0 Å². The molecule has 3 saturated carbocycles. The summed E-state index contributed by atoms with van der Waals surface area (Å²) in [6, 6.07) is 0. The minimum atomic E-state index is -1.01. The number of carboxylic acid groups (broad SMARTS) is 1.